The normalized spacial score (nSPS) is 10.8. The summed E-state index contributed by atoms with van der Waals surface area (Å²) in [5.74, 6) is 0.567. The first-order chi connectivity index (χ1) is 14.4. The molecular formula is C22H27N5O3. The van der Waals surface area contributed by atoms with Crippen molar-refractivity contribution in [2.24, 2.45) is 0 Å². The average Bonchev–Trinajstić information content (AvgIpc) is 3.03. The fourth-order valence-electron chi connectivity index (χ4n) is 3.25. The van der Waals surface area contributed by atoms with Crippen molar-refractivity contribution in [3.05, 3.63) is 63.8 Å². The Morgan fingerprint density at radius 3 is 2.60 bits per heavy atom. The van der Waals surface area contributed by atoms with E-state index in [-0.39, 0.29) is 18.0 Å². The van der Waals surface area contributed by atoms with E-state index in [9.17, 15) is 9.59 Å². The molecule has 0 spiro atoms. The highest BCUT2D eigenvalue weighted by Crippen LogP contribution is 2.23. The number of benzene rings is 1. The number of aryl methyl sites for hydroxylation is 3. The molecule has 3 aromatic rings. The minimum atomic E-state index is -0.350. The number of amides is 1. The van der Waals surface area contributed by atoms with Crippen LogP contribution in [0, 0.1) is 13.8 Å². The Balaban J connectivity index is 1.96. The maximum Gasteiger partial charge on any atom is 0.255 e. The zero-order valence-electron chi connectivity index (χ0n) is 17.8. The molecule has 1 N–H and O–H groups in total. The molecule has 2 heterocycles. The van der Waals surface area contributed by atoms with Crippen LogP contribution in [0.4, 0.5) is 5.69 Å². The van der Waals surface area contributed by atoms with E-state index in [1.165, 1.54) is 10.6 Å². The van der Waals surface area contributed by atoms with E-state index < -0.39 is 0 Å². The lowest BCUT2D eigenvalue weighted by molar-refractivity contribution is -0.116. The van der Waals surface area contributed by atoms with Crippen molar-refractivity contribution in [3.8, 4) is 11.7 Å². The maximum atomic E-state index is 12.9. The van der Waals surface area contributed by atoms with Crippen LogP contribution in [0.25, 0.3) is 5.95 Å². The van der Waals surface area contributed by atoms with Crippen molar-refractivity contribution in [1.82, 2.24) is 19.3 Å². The molecule has 8 nitrogen and oxygen atoms in total. The summed E-state index contributed by atoms with van der Waals surface area (Å²) in [5.41, 5.74) is 2.60. The number of hydrogen-bond donors (Lipinski definition) is 1. The molecule has 0 bridgehead atoms. The summed E-state index contributed by atoms with van der Waals surface area (Å²) in [6.45, 7) is 7.96. The quantitative estimate of drug-likeness (QED) is 0.617. The van der Waals surface area contributed by atoms with Gasteiger partial charge in [-0.3, -0.25) is 14.2 Å². The van der Waals surface area contributed by atoms with Gasteiger partial charge in [0.2, 0.25) is 11.9 Å². The van der Waals surface area contributed by atoms with Gasteiger partial charge >= 0.3 is 0 Å². The number of nitrogens with one attached hydrogen (secondary N) is 1. The van der Waals surface area contributed by atoms with E-state index in [1.54, 1.807) is 16.8 Å². The maximum absolute atomic E-state index is 12.9. The second kappa shape index (κ2) is 9.39. The monoisotopic (exact) mass is 409 g/mol. The van der Waals surface area contributed by atoms with Crippen molar-refractivity contribution in [1.29, 1.82) is 0 Å². The number of ether oxygens (including phenoxy) is 1. The lowest BCUT2D eigenvalue weighted by Crippen LogP contribution is -2.32. The first kappa shape index (κ1) is 21.3. The van der Waals surface area contributed by atoms with Gasteiger partial charge in [0.1, 0.15) is 12.3 Å². The molecule has 1 aromatic carbocycles. The van der Waals surface area contributed by atoms with Crippen LogP contribution in [0.1, 0.15) is 37.4 Å². The summed E-state index contributed by atoms with van der Waals surface area (Å²) in [6, 6.07) is 10.6. The molecule has 3 rings (SSSR count). The Kier molecular flexibility index (Phi) is 6.66. The number of anilines is 1. The Bertz CT molecular complexity index is 1100. The first-order valence-corrected chi connectivity index (χ1v) is 10.1. The summed E-state index contributed by atoms with van der Waals surface area (Å²) in [4.78, 5) is 30.3. The minimum absolute atomic E-state index is 0.188. The molecule has 158 valence electrons. The molecule has 0 atom stereocenters. The standard InChI is InChI=1S/C22H27N5O3/c1-5-9-17-13-21(29)26(22(23-17)27-16(4)12-15(3)25-27)14-20(28)24-18-10-7-8-11-19(18)30-6-2/h7-8,10-13H,5-6,9,14H2,1-4H3,(H,24,28). The minimum Gasteiger partial charge on any atom is -0.492 e. The third-order valence-corrected chi connectivity index (χ3v) is 4.51. The van der Waals surface area contributed by atoms with E-state index >= 15 is 0 Å². The van der Waals surface area contributed by atoms with E-state index in [1.807, 2.05) is 45.9 Å². The van der Waals surface area contributed by atoms with Crippen LogP contribution in [0.15, 0.2) is 41.2 Å². The SMILES string of the molecule is CCCc1cc(=O)n(CC(=O)Nc2ccccc2OCC)c(-n2nc(C)cc2C)n1. The lowest BCUT2D eigenvalue weighted by atomic mass is 10.2. The Morgan fingerprint density at radius 2 is 1.93 bits per heavy atom. The number of nitrogens with zero attached hydrogens (tertiary/aromatic N) is 4. The predicted molar refractivity (Wildman–Crippen MR) is 115 cm³/mol. The molecule has 0 radical (unpaired) electrons. The van der Waals surface area contributed by atoms with Crippen LogP contribution >= 0.6 is 0 Å². The number of para-hydroxylation sites is 2. The van der Waals surface area contributed by atoms with Crippen LogP contribution in [-0.2, 0) is 17.8 Å². The molecule has 0 unspecified atom stereocenters. The van der Waals surface area contributed by atoms with Gasteiger partial charge in [0, 0.05) is 17.5 Å². The van der Waals surface area contributed by atoms with E-state index in [0.717, 1.165) is 17.8 Å². The van der Waals surface area contributed by atoms with E-state index in [4.69, 9.17) is 4.74 Å². The zero-order valence-corrected chi connectivity index (χ0v) is 17.8. The van der Waals surface area contributed by atoms with Crippen LogP contribution in [0.3, 0.4) is 0 Å². The summed E-state index contributed by atoms with van der Waals surface area (Å²) < 4.78 is 8.51. The van der Waals surface area contributed by atoms with Crippen LogP contribution in [0.5, 0.6) is 5.75 Å². The van der Waals surface area contributed by atoms with Crippen molar-refractivity contribution in [2.45, 2.75) is 47.1 Å². The third kappa shape index (κ3) is 4.76. The summed E-state index contributed by atoms with van der Waals surface area (Å²) in [6.07, 6.45) is 1.54. The number of hydrogen-bond acceptors (Lipinski definition) is 5. The molecule has 30 heavy (non-hydrogen) atoms. The number of carbonyl (C=O) groups excluding carboxylic acids is 1. The van der Waals surface area contributed by atoms with Gasteiger partial charge in [-0.15, -0.1) is 0 Å². The smallest absolute Gasteiger partial charge is 0.255 e. The zero-order chi connectivity index (χ0) is 21.7. The van der Waals surface area contributed by atoms with Gasteiger partial charge in [-0.2, -0.15) is 5.10 Å². The number of aromatic nitrogens is 4. The van der Waals surface area contributed by atoms with E-state index in [0.29, 0.717) is 36.1 Å². The summed E-state index contributed by atoms with van der Waals surface area (Å²) >= 11 is 0. The Morgan fingerprint density at radius 1 is 1.17 bits per heavy atom. The lowest BCUT2D eigenvalue weighted by Gasteiger charge is -2.15. The molecule has 0 aliphatic heterocycles. The third-order valence-electron chi connectivity index (χ3n) is 4.51. The van der Waals surface area contributed by atoms with Gasteiger partial charge < -0.3 is 10.1 Å². The number of rotatable bonds is 8. The van der Waals surface area contributed by atoms with Crippen LogP contribution in [0.2, 0.25) is 0 Å². The van der Waals surface area contributed by atoms with E-state index in [2.05, 4.69) is 15.4 Å². The van der Waals surface area contributed by atoms with Gasteiger partial charge in [0.05, 0.1) is 18.0 Å². The molecule has 0 aliphatic carbocycles. The average molecular weight is 409 g/mol. The molecular weight excluding hydrogens is 382 g/mol. The molecule has 8 heteroatoms. The highest BCUT2D eigenvalue weighted by Gasteiger charge is 2.17. The fourth-order valence-corrected chi connectivity index (χ4v) is 3.25. The molecule has 0 saturated heterocycles. The molecule has 2 aromatic heterocycles. The van der Waals surface area contributed by atoms with Crippen molar-refractivity contribution < 1.29 is 9.53 Å². The van der Waals surface area contributed by atoms with Gasteiger partial charge in [-0.1, -0.05) is 25.5 Å². The predicted octanol–water partition coefficient (Wildman–Crippen LogP) is 3.04. The van der Waals surface area contributed by atoms with Crippen LogP contribution in [-0.4, -0.2) is 31.8 Å². The Hall–Kier alpha value is -3.42. The molecule has 0 saturated carbocycles. The highest BCUT2D eigenvalue weighted by atomic mass is 16.5. The topological polar surface area (TPSA) is 91.0 Å². The second-order valence-corrected chi connectivity index (χ2v) is 7.04. The van der Waals surface area contributed by atoms with Gasteiger partial charge in [-0.25, -0.2) is 9.67 Å². The van der Waals surface area contributed by atoms with Gasteiger partial charge in [0.25, 0.3) is 5.56 Å². The highest BCUT2D eigenvalue weighted by molar-refractivity contribution is 5.92. The largest absolute Gasteiger partial charge is 0.492 e. The van der Waals surface area contributed by atoms with Crippen LogP contribution < -0.4 is 15.6 Å². The summed E-state index contributed by atoms with van der Waals surface area (Å²) in [7, 11) is 0. The van der Waals surface area contributed by atoms with Crippen molar-refractivity contribution in [2.75, 3.05) is 11.9 Å². The fraction of sp³-hybridized carbons (Fsp3) is 0.364. The van der Waals surface area contributed by atoms with Crippen molar-refractivity contribution >= 4 is 11.6 Å². The van der Waals surface area contributed by atoms with Gasteiger partial charge in [0.15, 0.2) is 0 Å². The molecule has 0 aliphatic rings. The Labute approximate surface area is 175 Å². The molecule has 0 fully saturated rings. The second-order valence-electron chi connectivity index (χ2n) is 7.04. The number of carbonyl (C=O) groups is 1. The molecule has 1 amide bonds. The summed E-state index contributed by atoms with van der Waals surface area (Å²) in [5, 5.41) is 7.28. The van der Waals surface area contributed by atoms with Gasteiger partial charge in [-0.05, 0) is 45.4 Å². The van der Waals surface area contributed by atoms with Crippen molar-refractivity contribution in [3.63, 3.8) is 0 Å². The first-order valence-electron chi connectivity index (χ1n) is 10.1.